The molecule has 3 N–H and O–H groups in total. The molecule has 2 aromatic carbocycles. The number of aromatic nitrogens is 2. The van der Waals surface area contributed by atoms with E-state index in [1.165, 1.54) is 0 Å². The monoisotopic (exact) mass is 422 g/mol. The average Bonchev–Trinajstić information content (AvgIpc) is 2.76. The molecule has 6 nitrogen and oxygen atoms in total. The van der Waals surface area contributed by atoms with E-state index in [0.29, 0.717) is 36.0 Å². The first-order valence-electron chi connectivity index (χ1n) is 9.38. The van der Waals surface area contributed by atoms with Gasteiger partial charge in [0.25, 0.3) is 0 Å². The number of ether oxygens (including phenoxy) is 2. The van der Waals surface area contributed by atoms with Crippen molar-refractivity contribution in [1.82, 2.24) is 9.97 Å². The van der Waals surface area contributed by atoms with Crippen LogP contribution >= 0.6 is 11.6 Å². The van der Waals surface area contributed by atoms with Crippen molar-refractivity contribution in [2.24, 2.45) is 0 Å². The molecule has 1 aromatic heterocycles. The fourth-order valence-corrected chi connectivity index (χ4v) is 3.03. The number of nitrogens with two attached hydrogens (primary N) is 1. The smallest absolute Gasteiger partial charge is 0.223 e. The Morgan fingerprint density at radius 1 is 0.967 bits per heavy atom. The SMILES string of the molecule is COCCC#CCc1c(Cl)nc(N)nc1Nc1ccc(-c2ccc(OC)cc2)cc1. The number of nitrogens with zero attached hydrogens (tertiary/aromatic N) is 2. The van der Waals surface area contributed by atoms with E-state index in [4.69, 9.17) is 26.8 Å². The second-order valence-electron chi connectivity index (χ2n) is 6.40. The number of rotatable bonds is 7. The number of anilines is 3. The molecule has 7 heteroatoms. The fraction of sp³-hybridized carbons (Fsp3) is 0.217. The molecule has 0 spiro atoms. The maximum atomic E-state index is 6.30. The van der Waals surface area contributed by atoms with E-state index in [-0.39, 0.29) is 5.95 Å². The van der Waals surface area contributed by atoms with Gasteiger partial charge in [0.1, 0.15) is 16.7 Å². The lowest BCUT2D eigenvalue weighted by Crippen LogP contribution is -2.05. The zero-order valence-electron chi connectivity index (χ0n) is 16.9. The summed E-state index contributed by atoms with van der Waals surface area (Å²) in [6.07, 6.45) is 1.06. The second-order valence-corrected chi connectivity index (χ2v) is 6.76. The molecule has 30 heavy (non-hydrogen) atoms. The van der Waals surface area contributed by atoms with Gasteiger partial charge < -0.3 is 20.5 Å². The number of benzene rings is 2. The van der Waals surface area contributed by atoms with Crippen LogP contribution in [0.3, 0.4) is 0 Å². The largest absolute Gasteiger partial charge is 0.497 e. The van der Waals surface area contributed by atoms with Crippen molar-refractivity contribution in [2.75, 3.05) is 31.9 Å². The summed E-state index contributed by atoms with van der Waals surface area (Å²) >= 11 is 6.30. The highest BCUT2D eigenvalue weighted by atomic mass is 35.5. The van der Waals surface area contributed by atoms with Gasteiger partial charge in [0.2, 0.25) is 5.95 Å². The summed E-state index contributed by atoms with van der Waals surface area (Å²) in [5, 5.41) is 3.57. The molecule has 3 aromatic rings. The van der Waals surface area contributed by atoms with Crippen LogP contribution in [0, 0.1) is 11.8 Å². The van der Waals surface area contributed by atoms with E-state index in [1.54, 1.807) is 14.2 Å². The van der Waals surface area contributed by atoms with Gasteiger partial charge in [-0.05, 0) is 35.4 Å². The lowest BCUT2D eigenvalue weighted by atomic mass is 10.1. The minimum absolute atomic E-state index is 0.105. The maximum absolute atomic E-state index is 6.30. The summed E-state index contributed by atoms with van der Waals surface area (Å²) in [5.41, 5.74) is 9.54. The highest BCUT2D eigenvalue weighted by Crippen LogP contribution is 2.28. The molecule has 0 saturated carbocycles. The minimum Gasteiger partial charge on any atom is -0.497 e. The zero-order chi connectivity index (χ0) is 21.3. The minimum atomic E-state index is 0.105. The zero-order valence-corrected chi connectivity index (χ0v) is 17.7. The molecule has 1 heterocycles. The van der Waals surface area contributed by atoms with Crippen LogP contribution in [0.2, 0.25) is 5.15 Å². The van der Waals surface area contributed by atoms with Crippen LogP contribution in [-0.2, 0) is 11.2 Å². The van der Waals surface area contributed by atoms with Gasteiger partial charge in [-0.1, -0.05) is 41.8 Å². The highest BCUT2D eigenvalue weighted by Gasteiger charge is 2.12. The number of halogens is 1. The van der Waals surface area contributed by atoms with E-state index < -0.39 is 0 Å². The Kier molecular flexibility index (Phi) is 7.50. The van der Waals surface area contributed by atoms with Gasteiger partial charge in [-0.25, -0.2) is 4.98 Å². The fourth-order valence-electron chi connectivity index (χ4n) is 2.79. The van der Waals surface area contributed by atoms with Crippen LogP contribution in [0.25, 0.3) is 11.1 Å². The number of hydrogen-bond donors (Lipinski definition) is 2. The van der Waals surface area contributed by atoms with Crippen LogP contribution in [0.15, 0.2) is 48.5 Å². The van der Waals surface area contributed by atoms with Crippen LogP contribution in [-0.4, -0.2) is 30.8 Å². The van der Waals surface area contributed by atoms with Crippen LogP contribution in [0.5, 0.6) is 5.75 Å². The van der Waals surface area contributed by atoms with E-state index in [1.807, 2.05) is 48.5 Å². The molecule has 0 saturated heterocycles. The van der Waals surface area contributed by atoms with Gasteiger partial charge in [-0.15, -0.1) is 5.92 Å². The Bertz CT molecular complexity index is 1040. The Morgan fingerprint density at radius 3 is 2.27 bits per heavy atom. The number of nitrogen functional groups attached to an aromatic ring is 1. The summed E-state index contributed by atoms with van der Waals surface area (Å²) in [6.45, 7) is 0.588. The van der Waals surface area contributed by atoms with E-state index in [0.717, 1.165) is 22.6 Å². The van der Waals surface area contributed by atoms with E-state index in [9.17, 15) is 0 Å². The molecule has 0 aliphatic rings. The van der Waals surface area contributed by atoms with Gasteiger partial charge in [0.05, 0.1) is 13.7 Å². The molecule has 0 fully saturated rings. The molecule has 0 aliphatic carbocycles. The van der Waals surface area contributed by atoms with Crippen molar-refractivity contribution in [3.05, 3.63) is 59.2 Å². The van der Waals surface area contributed by atoms with Gasteiger partial charge in [0, 0.05) is 31.2 Å². The quantitative estimate of drug-likeness (QED) is 0.326. The first-order chi connectivity index (χ1) is 14.6. The molecular formula is C23H23ClN4O2. The van der Waals surface area contributed by atoms with Crippen molar-refractivity contribution >= 4 is 29.1 Å². The summed E-state index contributed by atoms with van der Waals surface area (Å²) < 4.78 is 10.2. The standard InChI is InChI=1S/C23H23ClN4O2/c1-29-15-5-3-4-6-20-21(24)27-23(25)28-22(20)26-18-11-7-16(8-12-18)17-9-13-19(30-2)14-10-17/h7-14H,5-6,15H2,1-2H3,(H3,25,26,27,28). The van der Waals surface area contributed by atoms with Gasteiger partial charge in [0.15, 0.2) is 0 Å². The van der Waals surface area contributed by atoms with Gasteiger partial charge >= 0.3 is 0 Å². The Hall–Kier alpha value is -3.27. The molecule has 3 rings (SSSR count). The van der Waals surface area contributed by atoms with Crippen molar-refractivity contribution < 1.29 is 9.47 Å². The van der Waals surface area contributed by atoms with Crippen molar-refractivity contribution in [3.63, 3.8) is 0 Å². The molecule has 0 radical (unpaired) electrons. The van der Waals surface area contributed by atoms with E-state index >= 15 is 0 Å². The third kappa shape index (κ3) is 5.63. The topological polar surface area (TPSA) is 82.3 Å². The molecule has 0 aliphatic heterocycles. The third-order valence-electron chi connectivity index (χ3n) is 4.37. The predicted molar refractivity (Wildman–Crippen MR) is 121 cm³/mol. The van der Waals surface area contributed by atoms with Crippen molar-refractivity contribution in [3.8, 4) is 28.7 Å². The summed E-state index contributed by atoms with van der Waals surface area (Å²) in [7, 11) is 3.30. The first-order valence-corrected chi connectivity index (χ1v) is 9.76. The highest BCUT2D eigenvalue weighted by molar-refractivity contribution is 6.30. The number of methoxy groups -OCH3 is 2. The Morgan fingerprint density at radius 2 is 1.63 bits per heavy atom. The maximum Gasteiger partial charge on any atom is 0.223 e. The lowest BCUT2D eigenvalue weighted by Gasteiger charge is -2.12. The number of nitrogens with one attached hydrogen (secondary N) is 1. The Labute approximate surface area is 181 Å². The van der Waals surface area contributed by atoms with Crippen LogP contribution in [0.1, 0.15) is 12.0 Å². The molecule has 0 bridgehead atoms. The Balaban J connectivity index is 1.78. The average molecular weight is 423 g/mol. The van der Waals surface area contributed by atoms with Crippen molar-refractivity contribution in [1.29, 1.82) is 0 Å². The molecule has 0 unspecified atom stereocenters. The summed E-state index contributed by atoms with van der Waals surface area (Å²) in [4.78, 5) is 8.36. The lowest BCUT2D eigenvalue weighted by molar-refractivity contribution is 0.206. The molecule has 154 valence electrons. The van der Waals surface area contributed by atoms with E-state index in [2.05, 4.69) is 27.1 Å². The first kappa shape index (κ1) is 21.4. The predicted octanol–water partition coefficient (Wildman–Crippen LogP) is 4.71. The third-order valence-corrected chi connectivity index (χ3v) is 4.68. The van der Waals surface area contributed by atoms with Gasteiger partial charge in [-0.3, -0.25) is 0 Å². The molecular weight excluding hydrogens is 400 g/mol. The molecule has 0 amide bonds. The second kappa shape index (κ2) is 10.5. The van der Waals surface area contributed by atoms with Crippen LogP contribution in [0.4, 0.5) is 17.5 Å². The normalized spacial score (nSPS) is 10.2. The van der Waals surface area contributed by atoms with Crippen LogP contribution < -0.4 is 15.8 Å². The number of hydrogen-bond acceptors (Lipinski definition) is 6. The van der Waals surface area contributed by atoms with Crippen molar-refractivity contribution in [2.45, 2.75) is 12.8 Å². The molecule has 0 atom stereocenters. The summed E-state index contributed by atoms with van der Waals surface area (Å²) in [6, 6.07) is 15.9. The van der Waals surface area contributed by atoms with Gasteiger partial charge in [-0.2, -0.15) is 4.98 Å². The summed E-state index contributed by atoms with van der Waals surface area (Å²) in [5.74, 6) is 7.60.